The van der Waals surface area contributed by atoms with Crippen LogP contribution >= 0.6 is 0 Å². The quantitative estimate of drug-likeness (QED) is 0.781. The van der Waals surface area contributed by atoms with Crippen LogP contribution in [-0.4, -0.2) is 23.7 Å². The molecule has 0 atom stereocenters. The van der Waals surface area contributed by atoms with Crippen molar-refractivity contribution in [1.29, 1.82) is 0 Å². The first-order chi connectivity index (χ1) is 9.88. The van der Waals surface area contributed by atoms with E-state index in [0.717, 1.165) is 19.3 Å². The van der Waals surface area contributed by atoms with Crippen molar-refractivity contribution in [1.82, 2.24) is 5.32 Å². The predicted molar refractivity (Wildman–Crippen MR) is 76.7 cm³/mol. The number of benzene rings is 1. The Hall–Kier alpha value is -2.11. The Morgan fingerprint density at radius 3 is 2.57 bits per heavy atom. The minimum absolute atomic E-state index is 0.0619. The van der Waals surface area contributed by atoms with Crippen LogP contribution in [0, 0.1) is 18.2 Å². The van der Waals surface area contributed by atoms with E-state index in [1.165, 1.54) is 12.1 Å². The molecule has 6 heteroatoms. The molecule has 0 aliphatic heterocycles. The fraction of sp³-hybridized carbons (Fsp3) is 0.467. The molecule has 5 nitrogen and oxygen atoms in total. The molecule has 0 heterocycles. The van der Waals surface area contributed by atoms with E-state index in [2.05, 4.69) is 10.6 Å². The van der Waals surface area contributed by atoms with E-state index in [0.29, 0.717) is 17.8 Å². The Kier molecular flexibility index (Phi) is 4.45. The van der Waals surface area contributed by atoms with E-state index in [-0.39, 0.29) is 11.8 Å². The number of carboxylic acids is 1. The topological polar surface area (TPSA) is 78.4 Å². The minimum Gasteiger partial charge on any atom is -0.481 e. The molecular weight excluding hydrogens is 275 g/mol. The highest BCUT2D eigenvalue weighted by Gasteiger charge is 2.39. The predicted octanol–water partition coefficient (Wildman–Crippen LogP) is 2.90. The molecule has 0 aromatic heterocycles. The smallest absolute Gasteiger partial charge is 0.319 e. The van der Waals surface area contributed by atoms with Gasteiger partial charge in [0.1, 0.15) is 5.82 Å². The molecule has 1 saturated carbocycles. The highest BCUT2D eigenvalue weighted by Crippen LogP contribution is 2.43. The normalized spacial score (nSPS) is 15.9. The van der Waals surface area contributed by atoms with Crippen LogP contribution in [-0.2, 0) is 4.79 Å². The first-order valence-corrected chi connectivity index (χ1v) is 6.92. The van der Waals surface area contributed by atoms with Gasteiger partial charge >= 0.3 is 12.0 Å². The van der Waals surface area contributed by atoms with E-state index in [1.807, 2.05) is 0 Å². The molecule has 1 aromatic rings. The van der Waals surface area contributed by atoms with Crippen molar-refractivity contribution in [3.63, 3.8) is 0 Å². The van der Waals surface area contributed by atoms with Crippen LogP contribution in [0.2, 0.25) is 0 Å². The second-order valence-corrected chi connectivity index (χ2v) is 5.75. The number of hydrogen-bond donors (Lipinski definition) is 3. The van der Waals surface area contributed by atoms with Crippen LogP contribution in [0.25, 0.3) is 0 Å². The lowest BCUT2D eigenvalue weighted by molar-refractivity contribution is -0.141. The van der Waals surface area contributed by atoms with Crippen molar-refractivity contribution >= 4 is 17.7 Å². The zero-order chi connectivity index (χ0) is 15.5. The summed E-state index contributed by atoms with van der Waals surface area (Å²) in [4.78, 5) is 22.7. The molecule has 2 amide bonds. The van der Waals surface area contributed by atoms with E-state index < -0.39 is 17.8 Å². The number of aryl methyl sites for hydroxylation is 1. The Bertz CT molecular complexity index is 536. The third-order valence-corrected chi connectivity index (χ3v) is 3.86. The lowest BCUT2D eigenvalue weighted by Gasteiger charge is -2.40. The average Bonchev–Trinajstić information content (AvgIpc) is 2.30. The van der Waals surface area contributed by atoms with E-state index in [9.17, 15) is 14.0 Å². The summed E-state index contributed by atoms with van der Waals surface area (Å²) in [6, 6.07) is 3.83. The molecule has 1 aromatic carbocycles. The average molecular weight is 294 g/mol. The third-order valence-electron chi connectivity index (χ3n) is 3.86. The Labute approximate surface area is 122 Å². The number of urea groups is 1. The molecule has 0 saturated heterocycles. The number of halogens is 1. The molecular formula is C15H19FN2O3. The van der Waals surface area contributed by atoms with E-state index in [1.54, 1.807) is 13.0 Å². The highest BCUT2D eigenvalue weighted by atomic mass is 19.1. The molecule has 3 N–H and O–H groups in total. The van der Waals surface area contributed by atoms with Crippen LogP contribution in [0.3, 0.4) is 0 Å². The van der Waals surface area contributed by atoms with Crippen molar-refractivity contribution in [2.24, 2.45) is 5.41 Å². The summed E-state index contributed by atoms with van der Waals surface area (Å²) in [7, 11) is 0. The summed E-state index contributed by atoms with van der Waals surface area (Å²) in [5.41, 5.74) is 0.763. The van der Waals surface area contributed by atoms with Crippen LogP contribution in [0.1, 0.15) is 31.2 Å². The Morgan fingerprint density at radius 2 is 2.05 bits per heavy atom. The monoisotopic (exact) mass is 294 g/mol. The maximum absolute atomic E-state index is 13.2. The van der Waals surface area contributed by atoms with Gasteiger partial charge in [0, 0.05) is 12.2 Å². The zero-order valence-corrected chi connectivity index (χ0v) is 11.9. The molecule has 1 aliphatic carbocycles. The van der Waals surface area contributed by atoms with Gasteiger partial charge in [-0.25, -0.2) is 9.18 Å². The summed E-state index contributed by atoms with van der Waals surface area (Å²) in [5.74, 6) is -1.26. The molecule has 1 aliphatic rings. The van der Waals surface area contributed by atoms with Crippen molar-refractivity contribution in [2.45, 2.75) is 32.6 Å². The van der Waals surface area contributed by atoms with Crippen LogP contribution in [0.15, 0.2) is 18.2 Å². The van der Waals surface area contributed by atoms with Gasteiger partial charge in [-0.3, -0.25) is 4.79 Å². The fourth-order valence-corrected chi connectivity index (χ4v) is 2.67. The summed E-state index contributed by atoms with van der Waals surface area (Å²) < 4.78 is 13.2. The number of anilines is 1. The van der Waals surface area contributed by atoms with Gasteiger partial charge < -0.3 is 15.7 Å². The maximum Gasteiger partial charge on any atom is 0.319 e. The Balaban J connectivity index is 1.88. The van der Waals surface area contributed by atoms with Gasteiger partial charge in [0.15, 0.2) is 0 Å². The van der Waals surface area contributed by atoms with Crippen molar-refractivity contribution in [2.75, 3.05) is 11.9 Å². The number of rotatable bonds is 5. The number of amides is 2. The third kappa shape index (κ3) is 4.18. The van der Waals surface area contributed by atoms with Gasteiger partial charge in [-0.1, -0.05) is 6.42 Å². The van der Waals surface area contributed by atoms with Gasteiger partial charge in [-0.2, -0.15) is 0 Å². The molecule has 0 radical (unpaired) electrons. The van der Waals surface area contributed by atoms with Gasteiger partial charge in [0.2, 0.25) is 0 Å². The van der Waals surface area contributed by atoms with Gasteiger partial charge in [0.05, 0.1) is 6.42 Å². The van der Waals surface area contributed by atoms with Crippen molar-refractivity contribution < 1.29 is 19.1 Å². The number of hydrogen-bond acceptors (Lipinski definition) is 2. The molecule has 114 valence electrons. The van der Waals surface area contributed by atoms with Gasteiger partial charge in [0.25, 0.3) is 0 Å². The second-order valence-electron chi connectivity index (χ2n) is 5.75. The molecule has 1 fully saturated rings. The lowest BCUT2D eigenvalue weighted by Crippen LogP contribution is -2.44. The van der Waals surface area contributed by atoms with Crippen LogP contribution in [0.4, 0.5) is 14.9 Å². The molecule has 21 heavy (non-hydrogen) atoms. The number of aliphatic carboxylic acids is 1. The molecule has 0 bridgehead atoms. The zero-order valence-electron chi connectivity index (χ0n) is 11.9. The maximum atomic E-state index is 13.2. The summed E-state index contributed by atoms with van der Waals surface area (Å²) >= 11 is 0. The number of carbonyl (C=O) groups is 2. The number of carboxylic acid groups (broad SMARTS) is 1. The molecule has 0 spiro atoms. The van der Waals surface area contributed by atoms with E-state index in [4.69, 9.17) is 5.11 Å². The molecule has 0 unspecified atom stereocenters. The first kappa shape index (κ1) is 15.3. The van der Waals surface area contributed by atoms with Crippen molar-refractivity contribution in [3.05, 3.63) is 29.6 Å². The van der Waals surface area contributed by atoms with Crippen molar-refractivity contribution in [3.8, 4) is 0 Å². The Morgan fingerprint density at radius 1 is 1.33 bits per heavy atom. The second kappa shape index (κ2) is 6.11. The van der Waals surface area contributed by atoms with Gasteiger partial charge in [-0.15, -0.1) is 0 Å². The molecule has 2 rings (SSSR count). The SMILES string of the molecule is Cc1cc(F)cc(NC(=O)NCC2(CC(=O)O)CCC2)c1. The van der Waals surface area contributed by atoms with Crippen LogP contribution < -0.4 is 10.6 Å². The number of carbonyl (C=O) groups excluding carboxylic acids is 1. The number of nitrogens with one attached hydrogen (secondary N) is 2. The standard InChI is InChI=1S/C15H19FN2O3/c1-10-5-11(16)7-12(6-10)18-14(21)17-9-15(3-2-4-15)8-13(19)20/h5-7H,2-4,8-9H2,1H3,(H,19,20)(H2,17,18,21). The summed E-state index contributed by atoms with van der Waals surface area (Å²) in [5, 5.41) is 14.1. The largest absolute Gasteiger partial charge is 0.481 e. The first-order valence-electron chi connectivity index (χ1n) is 6.92. The van der Waals surface area contributed by atoms with Crippen LogP contribution in [0.5, 0.6) is 0 Å². The lowest BCUT2D eigenvalue weighted by atomic mass is 9.66. The summed E-state index contributed by atoms with van der Waals surface area (Å²) in [6.07, 6.45) is 2.66. The van der Waals surface area contributed by atoms with E-state index >= 15 is 0 Å². The minimum atomic E-state index is -0.849. The highest BCUT2D eigenvalue weighted by molar-refractivity contribution is 5.89. The van der Waals surface area contributed by atoms with Gasteiger partial charge in [-0.05, 0) is 48.9 Å². The summed E-state index contributed by atoms with van der Waals surface area (Å²) in [6.45, 7) is 2.06. The fourth-order valence-electron chi connectivity index (χ4n) is 2.67.